The Morgan fingerprint density at radius 3 is 2.58 bits per heavy atom. The van der Waals surface area contributed by atoms with Crippen LogP contribution in [0, 0.1) is 0 Å². The fourth-order valence-corrected chi connectivity index (χ4v) is 4.27. The number of carboxylic acids is 1. The molecule has 126 valence electrons. The summed E-state index contributed by atoms with van der Waals surface area (Å²) in [5.41, 5.74) is 0.569. The Labute approximate surface area is 151 Å². The second-order valence-electron chi connectivity index (χ2n) is 5.32. The van der Waals surface area contributed by atoms with Crippen LogP contribution >= 0.6 is 35.0 Å². The van der Waals surface area contributed by atoms with E-state index in [4.69, 9.17) is 23.2 Å². The smallest absolute Gasteiger partial charge is 0.353 e. The van der Waals surface area contributed by atoms with Gasteiger partial charge in [-0.15, -0.1) is 11.8 Å². The number of carboxylic acid groups (broad SMARTS) is 1. The molecule has 0 spiro atoms. The summed E-state index contributed by atoms with van der Waals surface area (Å²) in [5, 5.41) is 12.1. The molecule has 9 heteroatoms. The predicted octanol–water partition coefficient (Wildman–Crippen LogP) is 1.82. The Bertz CT molecular complexity index is 750. The maximum Gasteiger partial charge on any atom is 0.353 e. The van der Waals surface area contributed by atoms with Gasteiger partial charge in [0.2, 0.25) is 5.91 Å². The van der Waals surface area contributed by atoms with Crippen molar-refractivity contribution in [2.45, 2.75) is 17.8 Å². The van der Waals surface area contributed by atoms with Gasteiger partial charge in [-0.25, -0.2) is 4.79 Å². The first kappa shape index (κ1) is 17.1. The van der Waals surface area contributed by atoms with Gasteiger partial charge in [0.15, 0.2) is 0 Å². The van der Waals surface area contributed by atoms with Crippen LogP contribution in [-0.4, -0.2) is 45.0 Å². The van der Waals surface area contributed by atoms with Gasteiger partial charge in [-0.2, -0.15) is 0 Å². The molecule has 1 aromatic rings. The van der Waals surface area contributed by atoms with Crippen LogP contribution in [0.15, 0.2) is 35.0 Å². The highest BCUT2D eigenvalue weighted by Gasteiger charge is 2.54. The number of β-lactam (4-membered cyclic amide) rings is 1. The van der Waals surface area contributed by atoms with E-state index >= 15 is 0 Å². The predicted molar refractivity (Wildman–Crippen MR) is 90.7 cm³/mol. The lowest BCUT2D eigenvalue weighted by atomic mass is 10.0. The Morgan fingerprint density at radius 2 is 1.96 bits per heavy atom. The highest BCUT2D eigenvalue weighted by molar-refractivity contribution is 8.00. The molecule has 0 aliphatic carbocycles. The maximum absolute atomic E-state index is 12.2. The number of hydrogen-bond donors (Lipinski definition) is 2. The summed E-state index contributed by atoms with van der Waals surface area (Å²) in [6.07, 6.45) is 0.112. The topological polar surface area (TPSA) is 86.7 Å². The second-order valence-corrected chi connectivity index (χ2v) is 7.31. The van der Waals surface area contributed by atoms with Crippen molar-refractivity contribution < 1.29 is 19.5 Å². The van der Waals surface area contributed by atoms with E-state index in [1.807, 2.05) is 0 Å². The molecule has 24 heavy (non-hydrogen) atoms. The molecule has 1 aromatic carbocycles. The minimum Gasteiger partial charge on any atom is -0.477 e. The highest BCUT2D eigenvalue weighted by Crippen LogP contribution is 2.41. The highest BCUT2D eigenvalue weighted by atomic mass is 35.5. The van der Waals surface area contributed by atoms with E-state index in [0.717, 1.165) is 10.5 Å². The van der Waals surface area contributed by atoms with Gasteiger partial charge in [-0.3, -0.25) is 14.5 Å². The number of aliphatic carboxylic acids is 1. The van der Waals surface area contributed by atoms with Crippen molar-refractivity contribution >= 4 is 52.7 Å². The molecule has 0 saturated carbocycles. The number of carbonyl (C=O) groups excluding carboxylic acids is 2. The van der Waals surface area contributed by atoms with Gasteiger partial charge in [-0.05, 0) is 17.7 Å². The lowest BCUT2D eigenvalue weighted by Crippen LogP contribution is -2.70. The molecule has 0 radical (unpaired) electrons. The van der Waals surface area contributed by atoms with Crippen LogP contribution in [0.3, 0.4) is 0 Å². The Morgan fingerprint density at radius 1 is 1.29 bits per heavy atom. The number of rotatable bonds is 4. The summed E-state index contributed by atoms with van der Waals surface area (Å²) >= 11 is 13.0. The van der Waals surface area contributed by atoms with Crippen molar-refractivity contribution in [2.75, 3.05) is 5.75 Å². The Balaban J connectivity index is 1.66. The first-order valence-corrected chi connectivity index (χ1v) is 8.79. The second kappa shape index (κ2) is 6.66. The molecule has 6 nitrogen and oxygen atoms in total. The molecule has 2 N–H and O–H groups in total. The fraction of sp³-hybridized carbons (Fsp3) is 0.267. The molecule has 2 atom stereocenters. The lowest BCUT2D eigenvalue weighted by molar-refractivity contribution is -0.150. The standard InChI is InChI=1S/C15H12Cl2N2O4S/c16-8-3-1-7(2-4-8)5-10(20)18-11-13(21)19-12(15(22)23)9(17)6-24-14(11)19/h1-4,11,14H,5-6H2,(H,18,20)(H,22,23)/t11-,14-/m1/s1. The van der Waals surface area contributed by atoms with Gasteiger partial charge in [0.1, 0.15) is 17.1 Å². The molecule has 0 bridgehead atoms. The molecule has 0 unspecified atom stereocenters. The number of carbonyl (C=O) groups is 3. The van der Waals surface area contributed by atoms with Crippen LogP contribution in [0.5, 0.6) is 0 Å². The van der Waals surface area contributed by atoms with Gasteiger partial charge in [-0.1, -0.05) is 35.3 Å². The third kappa shape index (κ3) is 3.11. The van der Waals surface area contributed by atoms with E-state index in [9.17, 15) is 19.5 Å². The van der Waals surface area contributed by atoms with Crippen molar-refractivity contribution in [2.24, 2.45) is 0 Å². The summed E-state index contributed by atoms with van der Waals surface area (Å²) in [4.78, 5) is 36.7. The summed E-state index contributed by atoms with van der Waals surface area (Å²) < 4.78 is 0. The number of benzene rings is 1. The van der Waals surface area contributed by atoms with E-state index in [1.54, 1.807) is 24.3 Å². The Hall–Kier alpha value is -1.70. The van der Waals surface area contributed by atoms with Crippen molar-refractivity contribution in [1.82, 2.24) is 10.2 Å². The van der Waals surface area contributed by atoms with E-state index in [-0.39, 0.29) is 23.1 Å². The fourth-order valence-electron chi connectivity index (χ4n) is 2.59. The molecule has 2 heterocycles. The van der Waals surface area contributed by atoms with Gasteiger partial charge in [0.05, 0.1) is 11.5 Å². The number of hydrogen-bond acceptors (Lipinski definition) is 4. The lowest BCUT2D eigenvalue weighted by Gasteiger charge is -2.48. The molecule has 1 saturated heterocycles. The van der Waals surface area contributed by atoms with Crippen LogP contribution < -0.4 is 5.32 Å². The van der Waals surface area contributed by atoms with Gasteiger partial charge < -0.3 is 10.4 Å². The van der Waals surface area contributed by atoms with E-state index in [2.05, 4.69) is 5.32 Å². The molecule has 2 aliphatic rings. The van der Waals surface area contributed by atoms with Crippen LogP contribution in [0.25, 0.3) is 0 Å². The van der Waals surface area contributed by atoms with E-state index in [0.29, 0.717) is 10.8 Å². The molecule has 2 aliphatic heterocycles. The average Bonchev–Trinajstić information content (AvgIpc) is 2.54. The first-order chi connectivity index (χ1) is 11.4. The molecule has 3 rings (SSSR count). The average molecular weight is 387 g/mol. The van der Waals surface area contributed by atoms with Crippen molar-refractivity contribution in [3.8, 4) is 0 Å². The van der Waals surface area contributed by atoms with Crippen molar-refractivity contribution in [1.29, 1.82) is 0 Å². The zero-order valence-corrected chi connectivity index (χ0v) is 14.5. The first-order valence-electron chi connectivity index (χ1n) is 6.99. The molecular formula is C15H12Cl2N2O4S. The number of amides is 2. The monoisotopic (exact) mass is 386 g/mol. The third-order valence-corrected chi connectivity index (χ3v) is 5.72. The molecule has 2 amide bonds. The zero-order chi connectivity index (χ0) is 17.4. The summed E-state index contributed by atoms with van der Waals surface area (Å²) in [7, 11) is 0. The maximum atomic E-state index is 12.2. The van der Waals surface area contributed by atoms with Crippen LogP contribution in [0.1, 0.15) is 5.56 Å². The number of nitrogens with one attached hydrogen (secondary N) is 1. The van der Waals surface area contributed by atoms with Crippen molar-refractivity contribution in [3.05, 3.63) is 45.6 Å². The summed E-state index contributed by atoms with van der Waals surface area (Å²) in [6.45, 7) is 0. The van der Waals surface area contributed by atoms with E-state index in [1.165, 1.54) is 11.8 Å². The van der Waals surface area contributed by atoms with Crippen LogP contribution in [0.4, 0.5) is 0 Å². The molecule has 0 aromatic heterocycles. The number of thioether (sulfide) groups is 1. The minimum atomic E-state index is -1.25. The SMILES string of the molecule is O=C(Cc1ccc(Cl)cc1)N[C@@H]1C(=O)N2C(C(=O)O)=C(Cl)CS[C@H]12. The minimum absolute atomic E-state index is 0.112. The Kier molecular flexibility index (Phi) is 4.76. The summed E-state index contributed by atoms with van der Waals surface area (Å²) in [5.74, 6) is -1.73. The normalized spacial score (nSPS) is 22.8. The van der Waals surface area contributed by atoms with E-state index < -0.39 is 23.3 Å². The number of halogens is 2. The van der Waals surface area contributed by atoms with Gasteiger partial charge in [0.25, 0.3) is 5.91 Å². The largest absolute Gasteiger partial charge is 0.477 e. The van der Waals surface area contributed by atoms with Gasteiger partial charge >= 0.3 is 5.97 Å². The number of nitrogens with zero attached hydrogens (tertiary/aromatic N) is 1. The quantitative estimate of drug-likeness (QED) is 0.770. The van der Waals surface area contributed by atoms with Crippen molar-refractivity contribution in [3.63, 3.8) is 0 Å². The number of fused-ring (bicyclic) bond motifs is 1. The van der Waals surface area contributed by atoms with Crippen LogP contribution in [-0.2, 0) is 20.8 Å². The van der Waals surface area contributed by atoms with Crippen LogP contribution in [0.2, 0.25) is 5.02 Å². The zero-order valence-electron chi connectivity index (χ0n) is 12.2. The van der Waals surface area contributed by atoms with Gasteiger partial charge in [0, 0.05) is 10.8 Å². The third-order valence-electron chi connectivity index (χ3n) is 3.72. The summed E-state index contributed by atoms with van der Waals surface area (Å²) in [6, 6.07) is 6.09. The molecule has 1 fully saturated rings. The molecular weight excluding hydrogens is 375 g/mol.